The molecule has 0 spiro atoms. The van der Waals surface area contributed by atoms with Gasteiger partial charge in [0, 0.05) is 17.6 Å². The van der Waals surface area contributed by atoms with Gasteiger partial charge in [0.15, 0.2) is 11.5 Å². The van der Waals surface area contributed by atoms with Gasteiger partial charge in [0.05, 0.1) is 31.7 Å². The Morgan fingerprint density at radius 3 is 2.28 bits per heavy atom. The second-order valence-electron chi connectivity index (χ2n) is 8.16. The van der Waals surface area contributed by atoms with Crippen LogP contribution in [-0.4, -0.2) is 35.8 Å². The number of halogens is 1. The Balaban J connectivity index is 1.74. The standard InChI is InChI=1S/C27H26ClN3O5/c1-35-23-14-20-22(15-24(23)36-2)30(17-25(32)29-13-12-18-8-4-3-5-9-18)27(34)31(26(20)33)16-19-10-6-7-11-21(19)28/h3-11,14-15H,12-13,16-17H2,1-2H3,(H,29,32). The molecule has 0 saturated heterocycles. The van der Waals surface area contributed by atoms with Crippen LogP contribution in [0, 0.1) is 0 Å². The quantitative estimate of drug-likeness (QED) is 0.375. The number of benzene rings is 3. The highest BCUT2D eigenvalue weighted by Crippen LogP contribution is 2.30. The average molecular weight is 508 g/mol. The fraction of sp³-hybridized carbons (Fsp3) is 0.222. The molecule has 4 rings (SSSR count). The van der Waals surface area contributed by atoms with Gasteiger partial charge in [0.25, 0.3) is 5.56 Å². The minimum Gasteiger partial charge on any atom is -0.493 e. The largest absolute Gasteiger partial charge is 0.493 e. The smallest absolute Gasteiger partial charge is 0.332 e. The number of rotatable bonds is 9. The van der Waals surface area contributed by atoms with E-state index < -0.39 is 11.2 Å². The summed E-state index contributed by atoms with van der Waals surface area (Å²) in [6, 6.07) is 19.8. The fourth-order valence-corrected chi connectivity index (χ4v) is 4.22. The number of ether oxygens (including phenoxy) is 2. The molecule has 0 unspecified atom stereocenters. The Bertz CT molecular complexity index is 1510. The second kappa shape index (κ2) is 11.1. The van der Waals surface area contributed by atoms with Crippen LogP contribution >= 0.6 is 11.6 Å². The molecule has 8 nitrogen and oxygen atoms in total. The monoisotopic (exact) mass is 507 g/mol. The summed E-state index contributed by atoms with van der Waals surface area (Å²) < 4.78 is 13.1. The van der Waals surface area contributed by atoms with Gasteiger partial charge in [-0.1, -0.05) is 60.1 Å². The summed E-state index contributed by atoms with van der Waals surface area (Å²) >= 11 is 6.29. The van der Waals surface area contributed by atoms with Crippen LogP contribution in [0.5, 0.6) is 11.5 Å². The van der Waals surface area contributed by atoms with Gasteiger partial charge < -0.3 is 14.8 Å². The zero-order chi connectivity index (χ0) is 25.7. The molecule has 0 radical (unpaired) electrons. The third-order valence-corrected chi connectivity index (χ3v) is 6.27. The summed E-state index contributed by atoms with van der Waals surface area (Å²) in [5, 5.41) is 3.50. The molecule has 1 amide bonds. The van der Waals surface area contributed by atoms with Crippen LogP contribution in [0.4, 0.5) is 0 Å². The number of fused-ring (bicyclic) bond motifs is 1. The van der Waals surface area contributed by atoms with E-state index in [1.165, 1.54) is 30.9 Å². The molecule has 4 aromatic rings. The first-order valence-electron chi connectivity index (χ1n) is 11.4. The number of carbonyl (C=O) groups excluding carboxylic acids is 1. The maximum absolute atomic E-state index is 13.5. The van der Waals surface area contributed by atoms with Crippen molar-refractivity contribution in [3.8, 4) is 11.5 Å². The average Bonchev–Trinajstić information content (AvgIpc) is 2.90. The van der Waals surface area contributed by atoms with E-state index in [4.69, 9.17) is 21.1 Å². The summed E-state index contributed by atoms with van der Waals surface area (Å²) in [6.45, 7) is 0.0889. The van der Waals surface area contributed by atoms with Gasteiger partial charge in [-0.25, -0.2) is 4.79 Å². The fourth-order valence-electron chi connectivity index (χ4n) is 4.02. The minimum atomic E-state index is -0.627. The summed E-state index contributed by atoms with van der Waals surface area (Å²) in [4.78, 5) is 39.8. The predicted octanol–water partition coefficient (Wildman–Crippen LogP) is 3.24. The van der Waals surface area contributed by atoms with Crippen LogP contribution in [0.25, 0.3) is 10.9 Å². The molecular formula is C27H26ClN3O5. The van der Waals surface area contributed by atoms with Gasteiger partial charge in [0.1, 0.15) is 6.54 Å². The number of carbonyl (C=O) groups is 1. The molecular weight excluding hydrogens is 482 g/mol. The molecule has 1 aromatic heterocycles. The molecule has 0 aliphatic heterocycles. The van der Waals surface area contributed by atoms with E-state index in [-0.39, 0.29) is 29.9 Å². The highest BCUT2D eigenvalue weighted by atomic mass is 35.5. The van der Waals surface area contributed by atoms with E-state index in [0.29, 0.717) is 35.1 Å². The van der Waals surface area contributed by atoms with Gasteiger partial charge in [-0.05, 0) is 29.7 Å². The lowest BCUT2D eigenvalue weighted by molar-refractivity contribution is -0.121. The molecule has 0 atom stereocenters. The number of aromatic nitrogens is 2. The van der Waals surface area contributed by atoms with Crippen molar-refractivity contribution >= 4 is 28.4 Å². The lowest BCUT2D eigenvalue weighted by atomic mass is 10.1. The van der Waals surface area contributed by atoms with Gasteiger partial charge in [-0.3, -0.25) is 18.7 Å². The van der Waals surface area contributed by atoms with Crippen LogP contribution in [-0.2, 0) is 24.3 Å². The minimum absolute atomic E-state index is 0.0444. The number of nitrogens with one attached hydrogen (secondary N) is 1. The number of methoxy groups -OCH3 is 2. The van der Waals surface area contributed by atoms with Crippen molar-refractivity contribution in [1.29, 1.82) is 0 Å². The van der Waals surface area contributed by atoms with Crippen molar-refractivity contribution < 1.29 is 14.3 Å². The summed E-state index contributed by atoms with van der Waals surface area (Å²) in [5.41, 5.74) is 0.827. The number of hydrogen-bond donors (Lipinski definition) is 1. The van der Waals surface area contributed by atoms with E-state index in [0.717, 1.165) is 10.1 Å². The Kier molecular flexibility index (Phi) is 7.75. The lowest BCUT2D eigenvalue weighted by Gasteiger charge is -2.17. The molecule has 0 aliphatic carbocycles. The van der Waals surface area contributed by atoms with Crippen LogP contribution in [0.15, 0.2) is 76.3 Å². The van der Waals surface area contributed by atoms with Gasteiger partial charge in [0.2, 0.25) is 5.91 Å². The third-order valence-electron chi connectivity index (χ3n) is 5.90. The molecule has 1 N–H and O–H groups in total. The van der Waals surface area contributed by atoms with Crippen molar-refractivity contribution in [3.63, 3.8) is 0 Å². The van der Waals surface area contributed by atoms with Crippen LogP contribution in [0.2, 0.25) is 5.02 Å². The van der Waals surface area contributed by atoms with E-state index in [1.54, 1.807) is 24.3 Å². The molecule has 3 aromatic carbocycles. The normalized spacial score (nSPS) is 10.9. The van der Waals surface area contributed by atoms with Gasteiger partial charge in [-0.2, -0.15) is 0 Å². The van der Waals surface area contributed by atoms with Crippen molar-refractivity contribution in [3.05, 3.63) is 104 Å². The highest BCUT2D eigenvalue weighted by molar-refractivity contribution is 6.31. The van der Waals surface area contributed by atoms with E-state index in [9.17, 15) is 14.4 Å². The third kappa shape index (κ3) is 5.28. The van der Waals surface area contributed by atoms with Crippen molar-refractivity contribution in [2.45, 2.75) is 19.5 Å². The second-order valence-corrected chi connectivity index (χ2v) is 8.57. The summed E-state index contributed by atoms with van der Waals surface area (Å²) in [7, 11) is 2.92. The number of nitrogens with zero attached hydrogens (tertiary/aromatic N) is 2. The summed E-state index contributed by atoms with van der Waals surface area (Å²) in [6.07, 6.45) is 0.652. The van der Waals surface area contributed by atoms with Crippen LogP contribution < -0.4 is 26.0 Å². The molecule has 0 fully saturated rings. The van der Waals surface area contributed by atoms with Crippen LogP contribution in [0.3, 0.4) is 0 Å². The van der Waals surface area contributed by atoms with E-state index in [2.05, 4.69) is 5.32 Å². The molecule has 1 heterocycles. The molecule has 0 bridgehead atoms. The number of amides is 1. The van der Waals surface area contributed by atoms with Crippen molar-refractivity contribution in [2.75, 3.05) is 20.8 Å². The first-order valence-corrected chi connectivity index (χ1v) is 11.7. The topological polar surface area (TPSA) is 91.6 Å². The Hall–Kier alpha value is -4.04. The molecule has 36 heavy (non-hydrogen) atoms. The SMILES string of the molecule is COc1cc2c(=O)n(Cc3ccccc3Cl)c(=O)n(CC(=O)NCCc3ccccc3)c2cc1OC. The Labute approximate surface area is 212 Å². The van der Waals surface area contributed by atoms with Gasteiger partial charge in [-0.15, -0.1) is 0 Å². The molecule has 0 aliphatic rings. The number of hydrogen-bond acceptors (Lipinski definition) is 5. The first kappa shape index (κ1) is 25.1. The zero-order valence-corrected chi connectivity index (χ0v) is 20.7. The first-order chi connectivity index (χ1) is 17.4. The van der Waals surface area contributed by atoms with E-state index >= 15 is 0 Å². The van der Waals surface area contributed by atoms with Gasteiger partial charge >= 0.3 is 5.69 Å². The molecule has 186 valence electrons. The highest BCUT2D eigenvalue weighted by Gasteiger charge is 2.19. The predicted molar refractivity (Wildman–Crippen MR) is 139 cm³/mol. The maximum atomic E-state index is 13.5. The van der Waals surface area contributed by atoms with Crippen LogP contribution in [0.1, 0.15) is 11.1 Å². The molecule has 9 heteroatoms. The Morgan fingerprint density at radius 2 is 1.58 bits per heavy atom. The zero-order valence-electron chi connectivity index (χ0n) is 20.0. The summed E-state index contributed by atoms with van der Waals surface area (Å²) in [5.74, 6) is 0.321. The lowest BCUT2D eigenvalue weighted by Crippen LogP contribution is -2.43. The Morgan fingerprint density at radius 1 is 0.917 bits per heavy atom. The maximum Gasteiger partial charge on any atom is 0.332 e. The molecule has 0 saturated carbocycles. The van der Waals surface area contributed by atoms with E-state index in [1.807, 2.05) is 30.3 Å². The van der Waals surface area contributed by atoms with Crippen molar-refractivity contribution in [1.82, 2.24) is 14.5 Å². The van der Waals surface area contributed by atoms with Crippen molar-refractivity contribution in [2.24, 2.45) is 0 Å².